The van der Waals surface area contributed by atoms with E-state index in [0.717, 1.165) is 12.8 Å². The lowest BCUT2D eigenvalue weighted by Gasteiger charge is -2.30. The molecule has 4 N–H and O–H groups in total. The van der Waals surface area contributed by atoms with Crippen molar-refractivity contribution in [3.05, 3.63) is 59.8 Å². The number of nitrogens with zero attached hydrogens (tertiary/aromatic N) is 2. The average molecular weight is 479 g/mol. The summed E-state index contributed by atoms with van der Waals surface area (Å²) in [7, 11) is 0. The highest BCUT2D eigenvalue weighted by Crippen LogP contribution is 2.28. The zero-order valence-corrected chi connectivity index (χ0v) is 19.9. The van der Waals surface area contributed by atoms with Gasteiger partial charge in [-0.05, 0) is 68.3 Å². The number of rotatable bonds is 8. The number of piperidine rings is 1. The maximum absolute atomic E-state index is 13.5. The summed E-state index contributed by atoms with van der Waals surface area (Å²) in [5.74, 6) is -1.12. The summed E-state index contributed by atoms with van der Waals surface area (Å²) in [6.45, 7) is 4.13. The van der Waals surface area contributed by atoms with Crippen molar-refractivity contribution < 1.29 is 24.2 Å². The van der Waals surface area contributed by atoms with Crippen molar-refractivity contribution in [2.45, 2.75) is 39.5 Å². The Kier molecular flexibility index (Phi) is 8.61. The van der Waals surface area contributed by atoms with E-state index in [-0.39, 0.29) is 36.2 Å². The number of benzene rings is 2. The van der Waals surface area contributed by atoms with Gasteiger partial charge in [0.15, 0.2) is 0 Å². The Morgan fingerprint density at radius 1 is 1.11 bits per heavy atom. The minimum Gasteiger partial charge on any atom is -0.508 e. The van der Waals surface area contributed by atoms with Crippen LogP contribution in [0.5, 0.6) is 5.75 Å². The van der Waals surface area contributed by atoms with Gasteiger partial charge in [-0.25, -0.2) is 9.79 Å². The molecule has 0 unspecified atom stereocenters. The molecule has 3 rings (SSSR count). The number of nitrogens with two attached hydrogens (primary N) is 1. The third-order valence-electron chi connectivity index (χ3n) is 5.45. The lowest BCUT2D eigenvalue weighted by atomic mass is 9.97. The van der Waals surface area contributed by atoms with Crippen molar-refractivity contribution in [2.75, 3.05) is 23.4 Å². The van der Waals surface area contributed by atoms with E-state index >= 15 is 0 Å². The molecule has 1 heterocycles. The number of anilines is 2. The second-order valence-electron chi connectivity index (χ2n) is 7.99. The van der Waals surface area contributed by atoms with Crippen molar-refractivity contribution in [1.29, 1.82) is 0 Å². The fourth-order valence-corrected chi connectivity index (χ4v) is 3.60. The monoisotopic (exact) mass is 478 g/mol. The van der Waals surface area contributed by atoms with E-state index < -0.39 is 11.9 Å². The van der Waals surface area contributed by atoms with Crippen LogP contribution in [0.15, 0.2) is 64.8 Å². The number of unbranched alkanes of at least 4 members (excludes halogenated alkanes) is 1. The van der Waals surface area contributed by atoms with Gasteiger partial charge in [0.2, 0.25) is 5.91 Å². The molecule has 0 saturated carbocycles. The highest BCUT2D eigenvalue weighted by molar-refractivity contribution is 6.51. The molecule has 1 aliphatic heterocycles. The number of amides is 2. The maximum Gasteiger partial charge on any atom is 0.354 e. The Morgan fingerprint density at radius 3 is 2.43 bits per heavy atom. The van der Waals surface area contributed by atoms with E-state index in [1.54, 1.807) is 48.2 Å². The average Bonchev–Trinajstić information content (AvgIpc) is 2.85. The van der Waals surface area contributed by atoms with Crippen molar-refractivity contribution in [2.24, 2.45) is 10.7 Å². The van der Waals surface area contributed by atoms with Crippen LogP contribution in [0.3, 0.4) is 0 Å². The fraction of sp³-hybridized carbons (Fsp3) is 0.308. The van der Waals surface area contributed by atoms with Gasteiger partial charge in [0.05, 0.1) is 12.3 Å². The molecule has 2 aromatic carbocycles. The number of phenolic OH excluding ortho intramolecular Hbond substituents is 1. The minimum atomic E-state index is -0.703. The molecular weight excluding hydrogens is 448 g/mol. The third kappa shape index (κ3) is 6.47. The zero-order chi connectivity index (χ0) is 25.4. The Bertz CT molecular complexity index is 1140. The smallest absolute Gasteiger partial charge is 0.354 e. The number of carbonyl (C=O) groups excluding carboxylic acids is 3. The second kappa shape index (κ2) is 11.8. The lowest BCUT2D eigenvalue weighted by molar-refractivity contribution is -0.138. The predicted molar refractivity (Wildman–Crippen MR) is 135 cm³/mol. The molecule has 184 valence electrons. The molecule has 0 bridgehead atoms. The standard InChI is InChI=1S/C26H30N4O5/c1-3-5-6-22(32)28-17-7-11-19(12-8-17)30-16-15-21(23(27)26(34)35-4-2)24(25(30)33)29-18-9-13-20(31)14-10-18/h7-14,31H,3-6,15-16,27H2,1-2H3,(H,28,32). The van der Waals surface area contributed by atoms with Crippen molar-refractivity contribution in [3.8, 4) is 5.75 Å². The molecule has 1 aliphatic rings. The number of aliphatic imine (C=N–C) groups is 1. The largest absolute Gasteiger partial charge is 0.508 e. The molecule has 35 heavy (non-hydrogen) atoms. The summed E-state index contributed by atoms with van der Waals surface area (Å²) in [4.78, 5) is 43.8. The van der Waals surface area contributed by atoms with Crippen LogP contribution in [0.2, 0.25) is 0 Å². The van der Waals surface area contributed by atoms with Crippen LogP contribution in [0.4, 0.5) is 17.1 Å². The van der Waals surface area contributed by atoms with E-state index in [1.165, 1.54) is 12.1 Å². The summed E-state index contributed by atoms with van der Waals surface area (Å²) in [6, 6.07) is 13.0. The van der Waals surface area contributed by atoms with Gasteiger partial charge in [0.25, 0.3) is 5.91 Å². The third-order valence-corrected chi connectivity index (χ3v) is 5.45. The molecule has 0 aromatic heterocycles. The summed E-state index contributed by atoms with van der Waals surface area (Å²) in [5.41, 5.74) is 7.95. The SMILES string of the molecule is CCCCC(=O)Nc1ccc(N2CCC(=C(N)C(=O)OCC)C(=Nc3ccc(O)cc3)C2=O)cc1. The van der Waals surface area contributed by atoms with Gasteiger partial charge in [-0.15, -0.1) is 0 Å². The molecule has 1 fully saturated rings. The number of phenols is 1. The Hall–Kier alpha value is -4.14. The Balaban J connectivity index is 1.90. The molecule has 0 radical (unpaired) electrons. The van der Waals surface area contributed by atoms with Crippen LogP contribution in [-0.4, -0.2) is 41.8 Å². The first-order chi connectivity index (χ1) is 16.8. The second-order valence-corrected chi connectivity index (χ2v) is 7.99. The van der Waals surface area contributed by atoms with E-state index in [4.69, 9.17) is 10.5 Å². The number of esters is 1. The molecule has 0 spiro atoms. The van der Waals surface area contributed by atoms with Crippen LogP contribution in [0.1, 0.15) is 39.5 Å². The number of carbonyl (C=O) groups is 3. The number of hydrogen-bond acceptors (Lipinski definition) is 7. The first kappa shape index (κ1) is 25.5. The van der Waals surface area contributed by atoms with Crippen molar-refractivity contribution >= 4 is 40.6 Å². The van der Waals surface area contributed by atoms with Crippen LogP contribution >= 0.6 is 0 Å². The molecule has 2 amide bonds. The van der Waals surface area contributed by atoms with Gasteiger partial charge in [0.1, 0.15) is 17.2 Å². The molecule has 0 atom stereocenters. The summed E-state index contributed by atoms with van der Waals surface area (Å²) in [5, 5.41) is 12.4. The predicted octanol–water partition coefficient (Wildman–Crippen LogP) is 3.81. The number of nitrogens with one attached hydrogen (secondary N) is 1. The van der Waals surface area contributed by atoms with E-state index in [1.807, 2.05) is 6.92 Å². The van der Waals surface area contributed by atoms with Gasteiger partial charge in [-0.2, -0.15) is 0 Å². The zero-order valence-electron chi connectivity index (χ0n) is 19.9. The molecular formula is C26H30N4O5. The highest BCUT2D eigenvalue weighted by Gasteiger charge is 2.33. The fourth-order valence-electron chi connectivity index (χ4n) is 3.60. The summed E-state index contributed by atoms with van der Waals surface area (Å²) >= 11 is 0. The maximum atomic E-state index is 13.5. The van der Waals surface area contributed by atoms with Crippen LogP contribution in [0, 0.1) is 0 Å². The topological polar surface area (TPSA) is 134 Å². The highest BCUT2D eigenvalue weighted by atomic mass is 16.5. The van der Waals surface area contributed by atoms with E-state index in [9.17, 15) is 19.5 Å². The van der Waals surface area contributed by atoms with Crippen molar-refractivity contribution in [3.63, 3.8) is 0 Å². The van der Waals surface area contributed by atoms with Gasteiger partial charge >= 0.3 is 5.97 Å². The normalized spacial score (nSPS) is 16.2. The molecule has 2 aromatic rings. The first-order valence-corrected chi connectivity index (χ1v) is 11.6. The van der Waals surface area contributed by atoms with Crippen LogP contribution < -0.4 is 16.0 Å². The van der Waals surface area contributed by atoms with Crippen LogP contribution in [-0.2, 0) is 19.1 Å². The first-order valence-electron chi connectivity index (χ1n) is 11.6. The number of aromatic hydroxyl groups is 1. The Morgan fingerprint density at radius 2 is 1.80 bits per heavy atom. The van der Waals surface area contributed by atoms with Gasteiger partial charge in [0, 0.05) is 29.9 Å². The van der Waals surface area contributed by atoms with Gasteiger partial charge in [-0.1, -0.05) is 13.3 Å². The molecule has 1 saturated heterocycles. The Labute approximate surface area is 204 Å². The van der Waals surface area contributed by atoms with Gasteiger partial charge < -0.3 is 25.8 Å². The molecule has 9 heteroatoms. The summed E-state index contributed by atoms with van der Waals surface area (Å²) in [6.07, 6.45) is 2.51. The lowest BCUT2D eigenvalue weighted by Crippen LogP contribution is -2.44. The summed E-state index contributed by atoms with van der Waals surface area (Å²) < 4.78 is 5.02. The number of ether oxygens (including phenoxy) is 1. The minimum absolute atomic E-state index is 0.0319. The van der Waals surface area contributed by atoms with Crippen molar-refractivity contribution in [1.82, 2.24) is 0 Å². The quantitative estimate of drug-likeness (QED) is 0.390. The van der Waals surface area contributed by atoms with Gasteiger partial charge in [-0.3, -0.25) is 9.59 Å². The number of hydrogen-bond donors (Lipinski definition) is 3. The molecule has 0 aliphatic carbocycles. The van der Waals surface area contributed by atoms with E-state index in [2.05, 4.69) is 10.3 Å². The molecule has 9 nitrogen and oxygen atoms in total. The van der Waals surface area contributed by atoms with E-state index in [0.29, 0.717) is 35.5 Å². The van der Waals surface area contributed by atoms with Crippen LogP contribution in [0.25, 0.3) is 0 Å².